The van der Waals surface area contributed by atoms with Crippen molar-refractivity contribution in [2.75, 3.05) is 19.6 Å². The molecule has 53 heavy (non-hydrogen) atoms. The molecule has 3 heterocycles. The maximum atomic E-state index is 16.0. The van der Waals surface area contributed by atoms with E-state index in [1.165, 1.54) is 24.3 Å². The van der Waals surface area contributed by atoms with E-state index < -0.39 is 82.5 Å². The molecule has 4 aromatic rings. The van der Waals surface area contributed by atoms with Crippen molar-refractivity contribution in [3.05, 3.63) is 116 Å². The van der Waals surface area contributed by atoms with Gasteiger partial charge in [0.2, 0.25) is 5.91 Å². The average Bonchev–Trinajstić information content (AvgIpc) is 3.04. The number of benzene rings is 3. The first kappa shape index (κ1) is 37.5. The number of alkyl halides is 7. The molecule has 0 spiro atoms. The zero-order chi connectivity index (χ0) is 38.6. The number of carbonyl (C=O) groups excluding carboxylic acids is 1. The number of hydrogen-bond donors (Lipinski definition) is 2. The Kier molecular flexibility index (Phi) is 9.87. The number of aryl methyl sites for hydroxylation is 2. The first-order chi connectivity index (χ1) is 24.8. The largest absolute Gasteiger partial charge is 0.481 e. The summed E-state index contributed by atoms with van der Waals surface area (Å²) in [5.41, 5.74) is -4.90. The zero-order valence-corrected chi connectivity index (χ0v) is 28.0. The number of carboxylic acid groups (broad SMARTS) is 1. The number of aromatic nitrogens is 1. The lowest BCUT2D eigenvalue weighted by Crippen LogP contribution is -2.49. The highest BCUT2D eigenvalue weighted by Crippen LogP contribution is 2.44. The summed E-state index contributed by atoms with van der Waals surface area (Å²) < 4.78 is 122. The third-order valence-corrected chi connectivity index (χ3v) is 9.33. The summed E-state index contributed by atoms with van der Waals surface area (Å²) in [7, 11) is 0. The van der Waals surface area contributed by atoms with Crippen molar-refractivity contribution in [3.8, 4) is 22.6 Å². The fraction of sp³-hybridized carbons (Fsp3) is 0.324. The molecule has 2 aliphatic heterocycles. The van der Waals surface area contributed by atoms with Crippen LogP contribution in [0.15, 0.2) is 65.6 Å². The van der Waals surface area contributed by atoms with Gasteiger partial charge in [-0.1, -0.05) is 24.3 Å². The number of aliphatic carboxylic acids is 1. The predicted octanol–water partition coefficient (Wildman–Crippen LogP) is 7.53. The van der Waals surface area contributed by atoms with Gasteiger partial charge in [0.05, 0.1) is 23.6 Å². The minimum absolute atomic E-state index is 0.000278. The molecule has 2 atom stereocenters. The van der Waals surface area contributed by atoms with Crippen molar-refractivity contribution >= 4 is 11.9 Å². The summed E-state index contributed by atoms with van der Waals surface area (Å²) in [6.07, 6.45) is -12.0. The van der Waals surface area contributed by atoms with Gasteiger partial charge in [-0.05, 0) is 72.4 Å². The smallest absolute Gasteiger partial charge is 0.419 e. The normalized spacial score (nSPS) is 18.1. The molecule has 1 saturated heterocycles. The van der Waals surface area contributed by atoms with Crippen LogP contribution in [0.1, 0.15) is 57.4 Å². The van der Waals surface area contributed by atoms with E-state index in [4.69, 9.17) is 4.74 Å². The Balaban J connectivity index is 1.60. The van der Waals surface area contributed by atoms with E-state index in [-0.39, 0.29) is 54.2 Å². The van der Waals surface area contributed by atoms with Gasteiger partial charge in [0.15, 0.2) is 0 Å². The first-order valence-corrected chi connectivity index (χ1v) is 16.3. The Bertz CT molecular complexity index is 2160. The fourth-order valence-electron chi connectivity index (χ4n) is 6.72. The van der Waals surface area contributed by atoms with Crippen molar-refractivity contribution in [2.45, 2.75) is 57.3 Å². The monoisotopic (exact) mass is 749 g/mol. The van der Waals surface area contributed by atoms with E-state index in [1.54, 1.807) is 30.9 Å². The fourth-order valence-corrected chi connectivity index (χ4v) is 6.72. The number of nitrogens with zero attached hydrogens (tertiary/aromatic N) is 2. The van der Waals surface area contributed by atoms with Gasteiger partial charge in [0, 0.05) is 43.0 Å². The van der Waals surface area contributed by atoms with Gasteiger partial charge < -0.3 is 15.2 Å². The average molecular weight is 750 g/mol. The molecule has 0 unspecified atom stereocenters. The summed E-state index contributed by atoms with van der Waals surface area (Å²) >= 11 is 0. The standard InChI is InChI=1S/C37H31F8N3O5/c1-18-6-7-19(2)34-31(18)22-11-25(32(39)27(12-22)37(43,44)45)28(14-30(50)51)46-35(52)33(20-4-3-5-24(10-20)53-34)48-15-21(8-9-47-16-23(38)17-47)26(13-29(48)49)36(40,41)42/h3-7,10-13,15,23,28,33H,8-9,14,16-17H2,1-2H3,(H,46,52)(H,50,51)/t28-,33+/m1/s1. The second-order valence-corrected chi connectivity index (χ2v) is 13.1. The molecular weight excluding hydrogens is 718 g/mol. The lowest BCUT2D eigenvalue weighted by molar-refractivity contribution is -0.140. The molecule has 1 fully saturated rings. The van der Waals surface area contributed by atoms with Gasteiger partial charge in [-0.25, -0.2) is 8.78 Å². The van der Waals surface area contributed by atoms with Crippen molar-refractivity contribution in [3.63, 3.8) is 0 Å². The molecule has 8 nitrogen and oxygen atoms in total. The number of amides is 1. The van der Waals surface area contributed by atoms with Crippen molar-refractivity contribution in [2.24, 2.45) is 0 Å². The highest BCUT2D eigenvalue weighted by atomic mass is 19.4. The molecule has 4 bridgehead atoms. The van der Waals surface area contributed by atoms with Crippen molar-refractivity contribution in [1.29, 1.82) is 0 Å². The molecule has 6 rings (SSSR count). The van der Waals surface area contributed by atoms with Crippen LogP contribution in [0.25, 0.3) is 11.1 Å². The van der Waals surface area contributed by atoms with E-state index in [9.17, 15) is 50.2 Å². The first-order valence-electron chi connectivity index (χ1n) is 16.3. The number of carboxylic acids is 1. The van der Waals surface area contributed by atoms with Crippen LogP contribution in [-0.2, 0) is 28.4 Å². The Morgan fingerprint density at radius 2 is 1.62 bits per heavy atom. The van der Waals surface area contributed by atoms with Gasteiger partial charge in [-0.2, -0.15) is 26.3 Å². The van der Waals surface area contributed by atoms with E-state index in [0.29, 0.717) is 27.8 Å². The number of hydrogen-bond acceptors (Lipinski definition) is 5. The van der Waals surface area contributed by atoms with Crippen LogP contribution in [0.5, 0.6) is 11.5 Å². The third-order valence-electron chi connectivity index (χ3n) is 9.33. The number of fused-ring (bicyclic) bond motifs is 6. The van der Waals surface area contributed by atoms with Crippen LogP contribution in [-0.4, -0.2) is 52.3 Å². The van der Waals surface area contributed by atoms with Gasteiger partial charge >= 0.3 is 18.3 Å². The lowest BCUT2D eigenvalue weighted by Gasteiger charge is -2.34. The summed E-state index contributed by atoms with van der Waals surface area (Å²) in [6, 6.07) is 6.75. The summed E-state index contributed by atoms with van der Waals surface area (Å²) in [4.78, 5) is 41.5. The Morgan fingerprint density at radius 1 is 0.943 bits per heavy atom. The number of rotatable bonds is 6. The van der Waals surface area contributed by atoms with Gasteiger partial charge in [-0.3, -0.25) is 23.9 Å². The number of likely N-dealkylation sites (tertiary alicyclic amines) is 1. The van der Waals surface area contributed by atoms with Gasteiger partial charge in [-0.15, -0.1) is 0 Å². The quantitative estimate of drug-likeness (QED) is 0.198. The van der Waals surface area contributed by atoms with Crippen molar-refractivity contribution in [1.82, 2.24) is 14.8 Å². The molecule has 3 aromatic carbocycles. The predicted molar refractivity (Wildman–Crippen MR) is 175 cm³/mol. The summed E-state index contributed by atoms with van der Waals surface area (Å²) in [6.45, 7) is 3.16. The van der Waals surface area contributed by atoms with E-state index in [1.807, 2.05) is 0 Å². The molecular formula is C37H31F8N3O5. The molecule has 2 N–H and O–H groups in total. The lowest BCUT2D eigenvalue weighted by atomic mass is 9.90. The van der Waals surface area contributed by atoms with Crippen LogP contribution < -0.4 is 15.6 Å². The van der Waals surface area contributed by atoms with Gasteiger partial charge in [0.1, 0.15) is 29.5 Å². The van der Waals surface area contributed by atoms with E-state index >= 15 is 4.39 Å². The zero-order valence-electron chi connectivity index (χ0n) is 28.0. The number of halogens is 8. The third kappa shape index (κ3) is 7.63. The van der Waals surface area contributed by atoms with Gasteiger partial charge in [0.25, 0.3) is 5.56 Å². The maximum absolute atomic E-state index is 16.0. The van der Waals surface area contributed by atoms with Crippen molar-refractivity contribution < 1.29 is 54.6 Å². The van der Waals surface area contributed by atoms with Crippen LogP contribution >= 0.6 is 0 Å². The van der Waals surface area contributed by atoms with Crippen LogP contribution in [0.4, 0.5) is 35.1 Å². The molecule has 1 aromatic heterocycles. The van der Waals surface area contributed by atoms with Crippen LogP contribution in [0, 0.1) is 19.7 Å². The summed E-state index contributed by atoms with van der Waals surface area (Å²) in [5.74, 6) is -4.67. The highest BCUT2D eigenvalue weighted by molar-refractivity contribution is 5.85. The molecule has 280 valence electrons. The minimum atomic E-state index is -5.28. The molecule has 1 amide bonds. The molecule has 0 aliphatic carbocycles. The highest BCUT2D eigenvalue weighted by Gasteiger charge is 2.40. The molecule has 0 radical (unpaired) electrons. The van der Waals surface area contributed by atoms with Crippen LogP contribution in [0.2, 0.25) is 0 Å². The summed E-state index contributed by atoms with van der Waals surface area (Å²) in [5, 5.41) is 12.1. The van der Waals surface area contributed by atoms with E-state index in [0.717, 1.165) is 12.3 Å². The maximum Gasteiger partial charge on any atom is 0.419 e. The second kappa shape index (κ2) is 14.0. The topological polar surface area (TPSA) is 101 Å². The molecule has 16 heteroatoms. The number of ether oxygens (including phenoxy) is 1. The molecule has 2 aliphatic rings. The van der Waals surface area contributed by atoms with Crippen LogP contribution in [0.3, 0.4) is 0 Å². The number of pyridine rings is 1. The second-order valence-electron chi connectivity index (χ2n) is 13.1. The SMILES string of the molecule is Cc1ccc(C)c2c1Oc1cccc(c1)[C@H](n1cc(CCN3CC(F)C3)c(C(F)(F)F)cc1=O)C(=O)N[C@H](CC(=O)O)c1cc-2cc(C(F)(F)F)c1F. The number of carbonyl (C=O) groups is 2. The minimum Gasteiger partial charge on any atom is -0.481 e. The Morgan fingerprint density at radius 3 is 2.26 bits per heavy atom. The number of nitrogens with one attached hydrogen (secondary N) is 1. The Hall–Kier alpha value is -5.25. The molecule has 0 saturated carbocycles. The van der Waals surface area contributed by atoms with E-state index in [2.05, 4.69) is 5.32 Å². The Labute approximate surface area is 296 Å².